The molecule has 2 aromatic heterocycles. The van der Waals surface area contributed by atoms with Crippen molar-refractivity contribution in [2.45, 2.75) is 18.9 Å². The van der Waals surface area contributed by atoms with Gasteiger partial charge in [0, 0.05) is 42.8 Å². The number of hydrogen-bond acceptors (Lipinski definition) is 4. The van der Waals surface area contributed by atoms with Gasteiger partial charge in [-0.15, -0.1) is 0 Å². The minimum atomic E-state index is -0.114. The van der Waals surface area contributed by atoms with Gasteiger partial charge in [0.1, 0.15) is 11.3 Å². The van der Waals surface area contributed by atoms with Crippen molar-refractivity contribution < 1.29 is 9.21 Å². The number of hydrogen-bond donors (Lipinski definition) is 1. The molecule has 0 aromatic carbocycles. The van der Waals surface area contributed by atoms with E-state index in [1.807, 2.05) is 6.07 Å². The highest BCUT2D eigenvalue weighted by Gasteiger charge is 2.33. The number of rotatable bonds is 2. The molecule has 110 valence electrons. The minimum Gasteiger partial charge on any atom is -0.449 e. The number of piperidine rings is 1. The van der Waals surface area contributed by atoms with Gasteiger partial charge in [-0.1, -0.05) is 0 Å². The van der Waals surface area contributed by atoms with E-state index >= 15 is 0 Å². The third-order valence-corrected chi connectivity index (χ3v) is 4.80. The first kappa shape index (κ1) is 13.3. The predicted molar refractivity (Wildman–Crippen MR) is 82.1 cm³/mol. The van der Waals surface area contributed by atoms with E-state index < -0.39 is 0 Å². The van der Waals surface area contributed by atoms with Crippen LogP contribution in [-0.2, 0) is 0 Å². The maximum absolute atomic E-state index is 12.4. The Hall–Kier alpha value is -1.40. The maximum atomic E-state index is 12.4. The summed E-state index contributed by atoms with van der Waals surface area (Å²) in [7, 11) is 0. The normalized spacial score (nSPS) is 28.0. The maximum Gasteiger partial charge on any atom is 0.270 e. The highest BCUT2D eigenvalue weighted by Crippen LogP contribution is 2.27. The molecule has 2 aromatic rings. The number of fused-ring (bicyclic) bond motifs is 3. The minimum absolute atomic E-state index is 0.114. The van der Waals surface area contributed by atoms with Crippen LogP contribution >= 0.6 is 15.9 Å². The molecule has 2 aliphatic heterocycles. The third kappa shape index (κ3) is 2.58. The largest absolute Gasteiger partial charge is 0.449 e. The summed E-state index contributed by atoms with van der Waals surface area (Å²) in [5.74, 6) is 0.623. The molecule has 0 aliphatic carbocycles. The number of carbonyl (C=O) groups excluding carboxylic acids is 1. The van der Waals surface area contributed by atoms with Crippen molar-refractivity contribution in [1.29, 1.82) is 0 Å². The summed E-state index contributed by atoms with van der Waals surface area (Å²) >= 11 is 3.29. The van der Waals surface area contributed by atoms with Gasteiger partial charge in [-0.25, -0.2) is 0 Å². The van der Waals surface area contributed by atoms with Crippen LogP contribution in [0.5, 0.6) is 0 Å². The van der Waals surface area contributed by atoms with Crippen molar-refractivity contribution in [2.75, 3.05) is 19.6 Å². The Morgan fingerprint density at radius 2 is 2.33 bits per heavy atom. The van der Waals surface area contributed by atoms with E-state index in [1.54, 1.807) is 12.3 Å². The van der Waals surface area contributed by atoms with Gasteiger partial charge >= 0.3 is 0 Å². The van der Waals surface area contributed by atoms with Crippen molar-refractivity contribution in [3.8, 4) is 0 Å². The first-order valence-electron chi connectivity index (χ1n) is 7.26. The van der Waals surface area contributed by atoms with Gasteiger partial charge in [-0.3, -0.25) is 9.78 Å². The van der Waals surface area contributed by atoms with Crippen molar-refractivity contribution in [3.63, 3.8) is 0 Å². The Morgan fingerprint density at radius 3 is 3.19 bits per heavy atom. The number of carbonyl (C=O) groups is 1. The van der Waals surface area contributed by atoms with E-state index in [9.17, 15) is 4.79 Å². The molecule has 1 unspecified atom stereocenters. The second kappa shape index (κ2) is 5.10. The molecular formula is C15H16BrN3O2. The number of furan rings is 1. The van der Waals surface area contributed by atoms with Crippen molar-refractivity contribution >= 4 is 32.8 Å². The highest BCUT2D eigenvalue weighted by atomic mass is 79.9. The number of aromatic nitrogens is 1. The summed E-state index contributed by atoms with van der Waals surface area (Å²) in [6, 6.07) is 3.78. The Morgan fingerprint density at radius 1 is 1.43 bits per heavy atom. The SMILES string of the molecule is O=C(N[C@@H]1C[C@@H]2CCN(C2)C1)c1cc2oc(Br)cc2cn1. The fraction of sp³-hybridized carbons (Fsp3) is 0.467. The molecule has 2 fully saturated rings. The summed E-state index contributed by atoms with van der Waals surface area (Å²) in [4.78, 5) is 19.0. The zero-order valence-corrected chi connectivity index (χ0v) is 13.1. The first-order chi connectivity index (χ1) is 10.2. The molecule has 2 aliphatic rings. The van der Waals surface area contributed by atoms with Crippen LogP contribution in [0.1, 0.15) is 23.3 Å². The average molecular weight is 350 g/mol. The van der Waals surface area contributed by atoms with Gasteiger partial charge in [0.25, 0.3) is 5.91 Å². The Balaban J connectivity index is 1.50. The number of nitrogens with one attached hydrogen (secondary N) is 1. The molecule has 1 amide bonds. The molecule has 3 atom stereocenters. The van der Waals surface area contributed by atoms with E-state index in [2.05, 4.69) is 31.1 Å². The molecule has 0 spiro atoms. The molecular weight excluding hydrogens is 334 g/mol. The Bertz CT molecular complexity index is 687. The highest BCUT2D eigenvalue weighted by molar-refractivity contribution is 9.10. The number of amides is 1. The molecule has 1 N–H and O–H groups in total. The van der Waals surface area contributed by atoms with Crippen LogP contribution in [0.25, 0.3) is 11.0 Å². The first-order valence-corrected chi connectivity index (χ1v) is 8.05. The summed E-state index contributed by atoms with van der Waals surface area (Å²) in [6.45, 7) is 3.31. The molecule has 6 heteroatoms. The third-order valence-electron chi connectivity index (χ3n) is 4.41. The number of nitrogens with zero attached hydrogens (tertiary/aromatic N) is 2. The quantitative estimate of drug-likeness (QED) is 0.904. The van der Waals surface area contributed by atoms with Crippen LogP contribution < -0.4 is 5.32 Å². The van der Waals surface area contributed by atoms with Crippen LogP contribution in [0.15, 0.2) is 27.4 Å². The van der Waals surface area contributed by atoms with Crippen LogP contribution in [-0.4, -0.2) is 41.5 Å². The van der Waals surface area contributed by atoms with Gasteiger partial charge in [0.05, 0.1) is 0 Å². The lowest BCUT2D eigenvalue weighted by Crippen LogP contribution is -2.47. The second-order valence-electron chi connectivity index (χ2n) is 5.98. The van der Waals surface area contributed by atoms with E-state index in [4.69, 9.17) is 4.42 Å². The lowest BCUT2D eigenvalue weighted by atomic mass is 9.97. The predicted octanol–water partition coefficient (Wildman–Crippen LogP) is 2.41. The summed E-state index contributed by atoms with van der Waals surface area (Å²) in [5.41, 5.74) is 1.09. The second-order valence-corrected chi connectivity index (χ2v) is 6.76. The number of pyridine rings is 1. The van der Waals surface area contributed by atoms with Gasteiger partial charge < -0.3 is 14.6 Å². The Kier molecular flexibility index (Phi) is 3.23. The van der Waals surface area contributed by atoms with E-state index in [0.717, 1.165) is 24.3 Å². The summed E-state index contributed by atoms with van der Waals surface area (Å²) in [6.07, 6.45) is 4.01. The van der Waals surface area contributed by atoms with Crippen LogP contribution in [0, 0.1) is 5.92 Å². The lowest BCUT2D eigenvalue weighted by Gasteiger charge is -2.30. The van der Waals surface area contributed by atoms with Crippen molar-refractivity contribution in [1.82, 2.24) is 15.2 Å². The van der Waals surface area contributed by atoms with Crippen LogP contribution in [0.3, 0.4) is 0 Å². The van der Waals surface area contributed by atoms with Gasteiger partial charge in [0.2, 0.25) is 0 Å². The molecule has 0 saturated carbocycles. The zero-order chi connectivity index (χ0) is 14.4. The van der Waals surface area contributed by atoms with Crippen molar-refractivity contribution in [3.05, 3.63) is 28.7 Å². The molecule has 0 radical (unpaired) electrons. The van der Waals surface area contributed by atoms with Crippen LogP contribution in [0.4, 0.5) is 0 Å². The monoisotopic (exact) mass is 349 g/mol. The zero-order valence-electron chi connectivity index (χ0n) is 11.5. The van der Waals surface area contributed by atoms with E-state index in [0.29, 0.717) is 15.9 Å². The van der Waals surface area contributed by atoms with Crippen molar-refractivity contribution in [2.24, 2.45) is 5.92 Å². The molecule has 4 heterocycles. The van der Waals surface area contributed by atoms with Gasteiger partial charge in [-0.2, -0.15) is 0 Å². The van der Waals surface area contributed by atoms with E-state index in [1.165, 1.54) is 19.5 Å². The summed E-state index contributed by atoms with van der Waals surface area (Å²) < 4.78 is 6.13. The lowest BCUT2D eigenvalue weighted by molar-refractivity contribution is 0.0904. The smallest absolute Gasteiger partial charge is 0.270 e. The average Bonchev–Trinajstić information content (AvgIpc) is 2.99. The fourth-order valence-electron chi connectivity index (χ4n) is 3.45. The van der Waals surface area contributed by atoms with Gasteiger partial charge in [0.15, 0.2) is 4.67 Å². The van der Waals surface area contributed by atoms with Gasteiger partial charge in [-0.05, 0) is 41.2 Å². The van der Waals surface area contributed by atoms with E-state index in [-0.39, 0.29) is 11.9 Å². The standard InChI is InChI=1S/C15H16BrN3O2/c16-14-4-10-6-17-12(5-13(10)21-14)15(20)18-11-3-9-1-2-19(7-9)8-11/h4-6,9,11H,1-3,7-8H2,(H,18,20)/t9-,11+/m0/s1. The number of halogens is 1. The molecule has 4 rings (SSSR count). The topological polar surface area (TPSA) is 58.4 Å². The molecule has 5 nitrogen and oxygen atoms in total. The molecule has 2 bridgehead atoms. The fourth-order valence-corrected chi connectivity index (χ4v) is 3.87. The summed E-state index contributed by atoms with van der Waals surface area (Å²) in [5, 5.41) is 4.00. The van der Waals surface area contributed by atoms with Crippen LogP contribution in [0.2, 0.25) is 0 Å². The molecule has 2 saturated heterocycles. The Labute approximate surface area is 130 Å². The molecule has 21 heavy (non-hydrogen) atoms.